The minimum atomic E-state index is 0.119. The summed E-state index contributed by atoms with van der Waals surface area (Å²) in [5, 5.41) is 3.47. The molecule has 1 aromatic rings. The summed E-state index contributed by atoms with van der Waals surface area (Å²) < 4.78 is 10.8. The minimum absolute atomic E-state index is 0.119. The Bertz CT molecular complexity index is 369. The molecule has 0 bridgehead atoms. The molecular weight excluding hydrogens is 202 g/mol. The number of rotatable bonds is 2. The molecule has 0 amide bonds. The molecule has 3 nitrogen and oxygen atoms in total. The molecule has 0 saturated carbocycles. The first-order valence-corrected chi connectivity index (χ1v) is 5.62. The third-order valence-electron chi connectivity index (χ3n) is 2.53. The Labute approximate surface area is 96.8 Å². The second-order valence-electron chi connectivity index (χ2n) is 5.12. The molecule has 0 saturated heterocycles. The van der Waals surface area contributed by atoms with Crippen molar-refractivity contribution in [3.8, 4) is 5.75 Å². The van der Waals surface area contributed by atoms with E-state index in [4.69, 9.17) is 9.47 Å². The van der Waals surface area contributed by atoms with Gasteiger partial charge in [0, 0.05) is 23.2 Å². The fourth-order valence-corrected chi connectivity index (χ4v) is 1.69. The monoisotopic (exact) mass is 221 g/mol. The molecule has 3 heteroatoms. The van der Waals surface area contributed by atoms with Gasteiger partial charge in [-0.05, 0) is 20.8 Å². The zero-order valence-corrected chi connectivity index (χ0v) is 10.2. The van der Waals surface area contributed by atoms with Crippen molar-refractivity contribution >= 4 is 0 Å². The third-order valence-corrected chi connectivity index (χ3v) is 2.53. The highest BCUT2D eigenvalue weighted by Gasteiger charge is 2.16. The summed E-state index contributed by atoms with van der Waals surface area (Å²) in [7, 11) is 0. The van der Waals surface area contributed by atoms with Crippen LogP contribution >= 0.6 is 0 Å². The summed E-state index contributed by atoms with van der Waals surface area (Å²) in [4.78, 5) is 0. The molecule has 1 aliphatic heterocycles. The molecule has 16 heavy (non-hydrogen) atoms. The molecule has 0 aromatic heterocycles. The smallest absolute Gasteiger partial charge is 0.189 e. The van der Waals surface area contributed by atoms with E-state index < -0.39 is 0 Å². The number of fused-ring (bicyclic) bond motifs is 1. The van der Waals surface area contributed by atoms with Crippen molar-refractivity contribution in [2.24, 2.45) is 0 Å². The summed E-state index contributed by atoms with van der Waals surface area (Å²) in [6.45, 7) is 8.32. The summed E-state index contributed by atoms with van der Waals surface area (Å²) in [6, 6.07) is 6.20. The normalized spacial score (nSPS) is 15.4. The topological polar surface area (TPSA) is 30.5 Å². The first-order chi connectivity index (χ1) is 7.56. The molecular formula is C13H19NO2. The maximum Gasteiger partial charge on any atom is 0.189 e. The van der Waals surface area contributed by atoms with Crippen LogP contribution in [0.4, 0.5) is 0 Å². The van der Waals surface area contributed by atoms with Crippen LogP contribution in [0.1, 0.15) is 31.9 Å². The molecule has 1 aliphatic rings. The number of hydrogen-bond donors (Lipinski definition) is 1. The van der Waals surface area contributed by atoms with Crippen LogP contribution in [-0.2, 0) is 17.9 Å². The first kappa shape index (κ1) is 11.4. The number of benzene rings is 1. The van der Waals surface area contributed by atoms with E-state index >= 15 is 0 Å². The van der Waals surface area contributed by atoms with Gasteiger partial charge in [0.2, 0.25) is 0 Å². The SMILES string of the molecule is CC(C)(C)NCc1cccc2c1OCOC2. The number of hydrogen-bond acceptors (Lipinski definition) is 3. The third kappa shape index (κ3) is 2.74. The Balaban J connectivity index is 2.15. The van der Waals surface area contributed by atoms with Gasteiger partial charge in [-0.15, -0.1) is 0 Å². The summed E-state index contributed by atoms with van der Waals surface area (Å²) >= 11 is 0. The van der Waals surface area contributed by atoms with E-state index in [1.54, 1.807) is 0 Å². The molecule has 0 fully saturated rings. The standard InChI is InChI=1S/C13H19NO2/c1-13(2,3)14-7-10-5-4-6-11-8-15-9-16-12(10)11/h4-6,14H,7-9H2,1-3H3. The fourth-order valence-electron chi connectivity index (χ4n) is 1.69. The molecule has 1 aromatic carbocycles. The van der Waals surface area contributed by atoms with Gasteiger partial charge in [0.15, 0.2) is 6.79 Å². The summed E-state index contributed by atoms with van der Waals surface area (Å²) in [5.41, 5.74) is 2.46. The molecule has 0 radical (unpaired) electrons. The molecule has 0 aliphatic carbocycles. The van der Waals surface area contributed by atoms with E-state index in [1.165, 1.54) is 5.56 Å². The van der Waals surface area contributed by atoms with Gasteiger partial charge in [-0.1, -0.05) is 18.2 Å². The average Bonchev–Trinajstić information content (AvgIpc) is 2.25. The van der Waals surface area contributed by atoms with Gasteiger partial charge in [0.25, 0.3) is 0 Å². The molecule has 0 unspecified atom stereocenters. The first-order valence-electron chi connectivity index (χ1n) is 5.62. The van der Waals surface area contributed by atoms with Crippen molar-refractivity contribution in [3.63, 3.8) is 0 Å². The van der Waals surface area contributed by atoms with E-state index in [9.17, 15) is 0 Å². The van der Waals surface area contributed by atoms with Crippen molar-refractivity contribution in [3.05, 3.63) is 29.3 Å². The maximum absolute atomic E-state index is 5.56. The Morgan fingerprint density at radius 3 is 2.88 bits per heavy atom. The lowest BCUT2D eigenvalue weighted by molar-refractivity contribution is -0.0171. The Morgan fingerprint density at radius 2 is 2.12 bits per heavy atom. The summed E-state index contributed by atoms with van der Waals surface area (Å²) in [5.74, 6) is 0.991. The van der Waals surface area contributed by atoms with Crippen molar-refractivity contribution in [2.45, 2.75) is 39.5 Å². The van der Waals surface area contributed by atoms with Crippen LogP contribution in [0, 0.1) is 0 Å². The number of para-hydroxylation sites is 1. The highest BCUT2D eigenvalue weighted by molar-refractivity contribution is 5.41. The van der Waals surface area contributed by atoms with Crippen molar-refractivity contribution in [1.82, 2.24) is 5.32 Å². The average molecular weight is 221 g/mol. The second kappa shape index (κ2) is 4.44. The zero-order valence-electron chi connectivity index (χ0n) is 10.2. The van der Waals surface area contributed by atoms with E-state index in [-0.39, 0.29) is 5.54 Å². The Morgan fingerprint density at radius 1 is 1.31 bits per heavy atom. The molecule has 2 rings (SSSR count). The highest BCUT2D eigenvalue weighted by atomic mass is 16.7. The molecule has 0 atom stereocenters. The minimum Gasteiger partial charge on any atom is -0.467 e. The van der Waals surface area contributed by atoms with E-state index in [0.29, 0.717) is 13.4 Å². The largest absolute Gasteiger partial charge is 0.467 e. The van der Waals surface area contributed by atoms with Crippen molar-refractivity contribution < 1.29 is 9.47 Å². The number of ether oxygens (including phenoxy) is 2. The zero-order chi connectivity index (χ0) is 11.6. The van der Waals surface area contributed by atoms with Crippen LogP contribution in [0.2, 0.25) is 0 Å². The molecule has 1 heterocycles. The van der Waals surface area contributed by atoms with Crippen LogP contribution < -0.4 is 10.1 Å². The van der Waals surface area contributed by atoms with E-state index in [2.05, 4.69) is 44.3 Å². The molecule has 0 spiro atoms. The van der Waals surface area contributed by atoms with Gasteiger partial charge in [-0.2, -0.15) is 0 Å². The van der Waals surface area contributed by atoms with Gasteiger partial charge in [0.1, 0.15) is 5.75 Å². The predicted molar refractivity (Wildman–Crippen MR) is 63.3 cm³/mol. The van der Waals surface area contributed by atoms with Gasteiger partial charge in [-0.25, -0.2) is 0 Å². The van der Waals surface area contributed by atoms with Gasteiger partial charge in [-0.3, -0.25) is 0 Å². The highest BCUT2D eigenvalue weighted by Crippen LogP contribution is 2.28. The van der Waals surface area contributed by atoms with Crippen LogP contribution in [0.5, 0.6) is 5.75 Å². The fraction of sp³-hybridized carbons (Fsp3) is 0.538. The number of nitrogens with one attached hydrogen (secondary N) is 1. The Kier molecular flexibility index (Phi) is 3.17. The van der Waals surface area contributed by atoms with Crippen molar-refractivity contribution in [2.75, 3.05) is 6.79 Å². The second-order valence-corrected chi connectivity index (χ2v) is 5.12. The Hall–Kier alpha value is -1.06. The lowest BCUT2D eigenvalue weighted by atomic mass is 10.1. The lowest BCUT2D eigenvalue weighted by Crippen LogP contribution is -2.35. The molecule has 1 N–H and O–H groups in total. The van der Waals surface area contributed by atoms with Crippen LogP contribution in [0.25, 0.3) is 0 Å². The summed E-state index contributed by atoms with van der Waals surface area (Å²) in [6.07, 6.45) is 0. The predicted octanol–water partition coefficient (Wildman–Crippen LogP) is 2.44. The van der Waals surface area contributed by atoms with Gasteiger partial charge in [0.05, 0.1) is 6.61 Å². The quantitative estimate of drug-likeness (QED) is 0.832. The lowest BCUT2D eigenvalue weighted by Gasteiger charge is -2.24. The molecule has 88 valence electrons. The van der Waals surface area contributed by atoms with Crippen LogP contribution in [-0.4, -0.2) is 12.3 Å². The van der Waals surface area contributed by atoms with E-state index in [0.717, 1.165) is 17.9 Å². The van der Waals surface area contributed by atoms with Crippen molar-refractivity contribution in [1.29, 1.82) is 0 Å². The van der Waals surface area contributed by atoms with Crippen LogP contribution in [0.15, 0.2) is 18.2 Å². The maximum atomic E-state index is 5.56. The van der Waals surface area contributed by atoms with Gasteiger partial charge < -0.3 is 14.8 Å². The van der Waals surface area contributed by atoms with Gasteiger partial charge >= 0.3 is 0 Å². The van der Waals surface area contributed by atoms with E-state index in [1.807, 2.05) is 0 Å². The van der Waals surface area contributed by atoms with Crippen LogP contribution in [0.3, 0.4) is 0 Å².